The molecule has 40 heavy (non-hydrogen) atoms. The number of carbonyl (C=O) groups excluding carboxylic acids is 2. The van der Waals surface area contributed by atoms with Gasteiger partial charge in [0.25, 0.3) is 0 Å². The molecule has 0 aromatic heterocycles. The standard InChI is InChI=1S/C27H33NO11S/c1-15-18(13-34-14-35-15)36-26(23(28)30)38-20-19(29)21(37-24(31)16-9-5-3-6-10-16)27(39-22(20)25(32)33-2)40-17-11-7-4-8-12-17/h3-12,15,18-23,26-27,29-30H,13-14,28H2,1-2H3/t15-,18?,19?,20?,21?,22?,23-,26?,27?/m0/s1. The summed E-state index contributed by atoms with van der Waals surface area (Å²) in [5.41, 5.74) is 4.93. The number of aliphatic hydroxyl groups excluding tert-OH is 2. The van der Waals surface area contributed by atoms with Crippen molar-refractivity contribution in [3.05, 3.63) is 66.2 Å². The molecule has 0 amide bonds. The molecule has 2 aromatic rings. The van der Waals surface area contributed by atoms with E-state index < -0.39 is 66.5 Å². The van der Waals surface area contributed by atoms with Gasteiger partial charge < -0.3 is 49.1 Å². The highest BCUT2D eigenvalue weighted by Gasteiger charge is 2.53. The molecule has 0 bridgehead atoms. The molecular weight excluding hydrogens is 546 g/mol. The molecule has 9 atom stereocenters. The van der Waals surface area contributed by atoms with Crippen LogP contribution in [0, 0.1) is 0 Å². The highest BCUT2D eigenvalue weighted by atomic mass is 32.2. The number of rotatable bonds is 10. The average molecular weight is 580 g/mol. The number of thioether (sulfide) groups is 1. The van der Waals surface area contributed by atoms with Crippen LogP contribution in [0.15, 0.2) is 65.6 Å². The normalized spacial score (nSPS) is 30.2. The van der Waals surface area contributed by atoms with Crippen molar-refractivity contribution in [1.29, 1.82) is 0 Å². The molecule has 4 rings (SSSR count). The second-order valence-corrected chi connectivity index (χ2v) is 10.3. The van der Waals surface area contributed by atoms with Gasteiger partial charge in [0.05, 0.1) is 25.4 Å². The Labute approximate surface area is 235 Å². The molecule has 2 aliphatic rings. The summed E-state index contributed by atoms with van der Waals surface area (Å²) in [5.74, 6) is -1.59. The lowest BCUT2D eigenvalue weighted by atomic mass is 9.99. The van der Waals surface area contributed by atoms with Crippen LogP contribution in [-0.4, -0.2) is 97.2 Å². The molecule has 2 fully saturated rings. The minimum Gasteiger partial charge on any atom is -0.467 e. The second-order valence-electron chi connectivity index (χ2n) is 9.10. The summed E-state index contributed by atoms with van der Waals surface area (Å²) in [7, 11) is 1.15. The summed E-state index contributed by atoms with van der Waals surface area (Å²) >= 11 is 1.14. The first-order chi connectivity index (χ1) is 19.3. The molecule has 0 aliphatic carbocycles. The molecule has 12 nitrogen and oxygen atoms in total. The monoisotopic (exact) mass is 579 g/mol. The molecule has 2 heterocycles. The van der Waals surface area contributed by atoms with Gasteiger partial charge in [0.2, 0.25) is 0 Å². The van der Waals surface area contributed by atoms with E-state index in [2.05, 4.69) is 0 Å². The fourth-order valence-corrected chi connectivity index (χ4v) is 5.24. The van der Waals surface area contributed by atoms with Crippen LogP contribution in [0.5, 0.6) is 0 Å². The number of hydrogen-bond donors (Lipinski definition) is 3. The quantitative estimate of drug-likeness (QED) is 0.270. The van der Waals surface area contributed by atoms with Gasteiger partial charge in [-0.05, 0) is 31.2 Å². The zero-order chi connectivity index (χ0) is 28.6. The maximum Gasteiger partial charge on any atom is 0.338 e. The minimum absolute atomic E-state index is 0.0756. The molecule has 0 saturated carbocycles. The van der Waals surface area contributed by atoms with E-state index in [0.29, 0.717) is 0 Å². The Hall–Kier alpha value is -2.59. The number of ether oxygens (including phenoxy) is 7. The van der Waals surface area contributed by atoms with Crippen LogP contribution in [0.1, 0.15) is 17.3 Å². The molecule has 7 unspecified atom stereocenters. The Bertz CT molecular complexity index is 1090. The van der Waals surface area contributed by atoms with E-state index in [1.54, 1.807) is 61.5 Å². The number of benzene rings is 2. The van der Waals surface area contributed by atoms with Gasteiger partial charge in [-0.1, -0.05) is 48.2 Å². The van der Waals surface area contributed by atoms with E-state index in [4.69, 9.17) is 38.9 Å². The molecule has 218 valence electrons. The number of nitrogens with two attached hydrogens (primary N) is 1. The van der Waals surface area contributed by atoms with Crippen molar-refractivity contribution >= 4 is 23.7 Å². The lowest BCUT2D eigenvalue weighted by Gasteiger charge is -2.44. The highest BCUT2D eigenvalue weighted by Crippen LogP contribution is 2.37. The summed E-state index contributed by atoms with van der Waals surface area (Å²) < 4.78 is 39.1. The lowest BCUT2D eigenvalue weighted by molar-refractivity contribution is -0.312. The third kappa shape index (κ3) is 7.57. The molecule has 2 saturated heterocycles. The fourth-order valence-electron chi connectivity index (χ4n) is 4.14. The SMILES string of the molecule is COC(=O)C1OC(Sc2ccccc2)C(OC(=O)c2ccccc2)C(O)C1OC(OC1COCO[C@H]1C)[C@@H](N)O. The predicted molar refractivity (Wildman–Crippen MR) is 140 cm³/mol. The van der Waals surface area contributed by atoms with Gasteiger partial charge in [0.1, 0.15) is 30.5 Å². The van der Waals surface area contributed by atoms with Crippen LogP contribution in [0.25, 0.3) is 0 Å². The molecule has 13 heteroatoms. The summed E-state index contributed by atoms with van der Waals surface area (Å²) in [6.45, 7) is 1.95. The number of methoxy groups -OCH3 is 1. The Balaban J connectivity index is 1.62. The summed E-state index contributed by atoms with van der Waals surface area (Å²) in [5, 5.41) is 21.8. The van der Waals surface area contributed by atoms with E-state index >= 15 is 0 Å². The van der Waals surface area contributed by atoms with Crippen LogP contribution < -0.4 is 5.73 Å². The Kier molecular flexibility index (Phi) is 10.9. The number of esters is 2. The van der Waals surface area contributed by atoms with Crippen LogP contribution in [0.3, 0.4) is 0 Å². The Morgan fingerprint density at radius 1 is 1.05 bits per heavy atom. The van der Waals surface area contributed by atoms with E-state index in [1.807, 2.05) is 6.07 Å². The predicted octanol–water partition coefficient (Wildman–Crippen LogP) is 1.03. The van der Waals surface area contributed by atoms with Gasteiger partial charge in [-0.3, -0.25) is 0 Å². The van der Waals surface area contributed by atoms with Crippen molar-refractivity contribution in [2.75, 3.05) is 20.5 Å². The van der Waals surface area contributed by atoms with Crippen molar-refractivity contribution < 1.29 is 53.0 Å². The van der Waals surface area contributed by atoms with Gasteiger partial charge in [0.15, 0.2) is 24.7 Å². The maximum absolute atomic E-state index is 13.0. The van der Waals surface area contributed by atoms with E-state index in [0.717, 1.165) is 23.8 Å². The molecule has 2 aromatic carbocycles. The van der Waals surface area contributed by atoms with Crippen LogP contribution in [0.4, 0.5) is 0 Å². The maximum atomic E-state index is 13.0. The molecule has 4 N–H and O–H groups in total. The number of hydrogen-bond acceptors (Lipinski definition) is 13. The zero-order valence-electron chi connectivity index (χ0n) is 21.9. The summed E-state index contributed by atoms with van der Waals surface area (Å²) in [6, 6.07) is 17.3. The van der Waals surface area contributed by atoms with Crippen molar-refractivity contribution in [3.63, 3.8) is 0 Å². The first-order valence-electron chi connectivity index (χ1n) is 12.6. The highest BCUT2D eigenvalue weighted by molar-refractivity contribution is 7.99. The van der Waals surface area contributed by atoms with Crippen LogP contribution in [0.2, 0.25) is 0 Å². The third-order valence-corrected chi connectivity index (χ3v) is 7.46. The van der Waals surface area contributed by atoms with E-state index in [-0.39, 0.29) is 19.0 Å². The zero-order valence-corrected chi connectivity index (χ0v) is 22.8. The molecular formula is C27H33NO11S. The number of aliphatic hydroxyl groups is 2. The Morgan fingerprint density at radius 2 is 1.73 bits per heavy atom. The van der Waals surface area contributed by atoms with Crippen molar-refractivity contribution in [2.45, 2.75) is 66.4 Å². The number of carbonyl (C=O) groups is 2. The minimum atomic E-state index is -1.69. The average Bonchev–Trinajstić information content (AvgIpc) is 2.97. The Morgan fingerprint density at radius 3 is 2.35 bits per heavy atom. The van der Waals surface area contributed by atoms with Crippen molar-refractivity contribution in [1.82, 2.24) is 0 Å². The summed E-state index contributed by atoms with van der Waals surface area (Å²) in [4.78, 5) is 26.6. The third-order valence-electron chi connectivity index (χ3n) is 6.30. The first kappa shape index (κ1) is 30.4. The fraction of sp³-hybridized carbons (Fsp3) is 0.481. The molecule has 0 radical (unpaired) electrons. The molecule has 0 spiro atoms. The summed E-state index contributed by atoms with van der Waals surface area (Å²) in [6.07, 6.45) is -10.3. The van der Waals surface area contributed by atoms with Gasteiger partial charge in [-0.2, -0.15) is 0 Å². The van der Waals surface area contributed by atoms with Gasteiger partial charge in [-0.25, -0.2) is 9.59 Å². The van der Waals surface area contributed by atoms with Crippen LogP contribution >= 0.6 is 11.8 Å². The van der Waals surface area contributed by atoms with Crippen molar-refractivity contribution in [2.24, 2.45) is 5.73 Å². The molecule has 2 aliphatic heterocycles. The second kappa shape index (κ2) is 14.3. The van der Waals surface area contributed by atoms with Gasteiger partial charge in [0, 0.05) is 4.90 Å². The van der Waals surface area contributed by atoms with Crippen molar-refractivity contribution in [3.8, 4) is 0 Å². The topological polar surface area (TPSA) is 165 Å². The largest absolute Gasteiger partial charge is 0.467 e. The van der Waals surface area contributed by atoms with E-state index in [1.165, 1.54) is 0 Å². The smallest absolute Gasteiger partial charge is 0.338 e. The van der Waals surface area contributed by atoms with Crippen LogP contribution in [-0.2, 0) is 38.0 Å². The first-order valence-corrected chi connectivity index (χ1v) is 13.5. The van der Waals surface area contributed by atoms with E-state index in [9.17, 15) is 19.8 Å². The van der Waals surface area contributed by atoms with Gasteiger partial charge >= 0.3 is 11.9 Å². The lowest BCUT2D eigenvalue weighted by Crippen LogP contribution is -2.63. The van der Waals surface area contributed by atoms with Gasteiger partial charge in [-0.15, -0.1) is 0 Å².